The Labute approximate surface area is 139 Å². The van der Waals surface area contributed by atoms with E-state index in [0.29, 0.717) is 34.0 Å². The number of aromatic nitrogens is 2. The molecule has 0 saturated carbocycles. The lowest BCUT2D eigenvalue weighted by molar-refractivity contribution is 0.0942. The third-order valence-electron chi connectivity index (χ3n) is 2.80. The number of carbonyl (C=O) groups excluding carboxylic acids is 1. The van der Waals surface area contributed by atoms with Gasteiger partial charge in [0.1, 0.15) is 5.69 Å². The van der Waals surface area contributed by atoms with Gasteiger partial charge in [0.15, 0.2) is 12.5 Å². The minimum absolute atomic E-state index is 0.112. The Kier molecular flexibility index (Phi) is 5.69. The van der Waals surface area contributed by atoms with Gasteiger partial charge >= 0.3 is 0 Å². The van der Waals surface area contributed by atoms with Gasteiger partial charge in [0.05, 0.1) is 10.0 Å². The Morgan fingerprint density at radius 3 is 2.64 bits per heavy atom. The van der Waals surface area contributed by atoms with Gasteiger partial charge in [-0.05, 0) is 24.1 Å². The highest BCUT2D eigenvalue weighted by molar-refractivity contribution is 6.37. The van der Waals surface area contributed by atoms with Crippen molar-refractivity contribution in [1.82, 2.24) is 15.1 Å². The van der Waals surface area contributed by atoms with Gasteiger partial charge in [0.25, 0.3) is 5.91 Å². The maximum Gasteiger partial charge on any atom is 0.271 e. The highest BCUT2D eigenvalue weighted by atomic mass is 35.5. The molecule has 1 N–H and O–H groups in total. The maximum absolute atomic E-state index is 11.9. The van der Waals surface area contributed by atoms with Crippen molar-refractivity contribution in [3.8, 4) is 5.75 Å². The number of amides is 1. The molecule has 1 aromatic carbocycles. The van der Waals surface area contributed by atoms with E-state index in [-0.39, 0.29) is 12.6 Å². The summed E-state index contributed by atoms with van der Waals surface area (Å²) in [4.78, 5) is 11.9. The molecular weight excluding hydrogens is 325 g/mol. The van der Waals surface area contributed by atoms with Crippen molar-refractivity contribution in [3.63, 3.8) is 0 Å². The lowest BCUT2D eigenvalue weighted by Gasteiger charge is -2.09. The second kappa shape index (κ2) is 7.51. The summed E-state index contributed by atoms with van der Waals surface area (Å²) < 4.78 is 7.05. The van der Waals surface area contributed by atoms with Gasteiger partial charge in [-0.25, -0.2) is 4.68 Å². The summed E-state index contributed by atoms with van der Waals surface area (Å²) in [7, 11) is 0. The van der Waals surface area contributed by atoms with Gasteiger partial charge in [-0.3, -0.25) is 4.79 Å². The van der Waals surface area contributed by atoms with Crippen LogP contribution >= 0.6 is 23.2 Å². The fourth-order valence-electron chi connectivity index (χ4n) is 1.69. The molecule has 0 atom stereocenters. The summed E-state index contributed by atoms with van der Waals surface area (Å²) in [5.74, 6) is 0.576. The molecule has 0 saturated heterocycles. The van der Waals surface area contributed by atoms with Gasteiger partial charge in [-0.1, -0.05) is 43.1 Å². The van der Waals surface area contributed by atoms with Crippen molar-refractivity contribution in [3.05, 3.63) is 46.2 Å². The Balaban J connectivity index is 1.96. The molecule has 0 radical (unpaired) electrons. The average Bonchev–Trinajstić information content (AvgIpc) is 2.93. The molecule has 0 bridgehead atoms. The van der Waals surface area contributed by atoms with Gasteiger partial charge in [0.2, 0.25) is 0 Å². The molecule has 1 heterocycles. The van der Waals surface area contributed by atoms with E-state index in [1.54, 1.807) is 30.5 Å². The van der Waals surface area contributed by atoms with Crippen LogP contribution in [0, 0.1) is 5.92 Å². The number of hydrogen-bond acceptors (Lipinski definition) is 3. The molecular formula is C15H17Cl2N3O2. The standard InChI is InChI=1S/C15H17Cl2N3O2/c1-10(2)8-18-15(21)13-6-7-20(19-13)9-22-14-11(16)4-3-5-12(14)17/h3-7,10H,8-9H2,1-2H3,(H,18,21). The molecule has 1 amide bonds. The van der Waals surface area contributed by atoms with Gasteiger partial charge in [-0.15, -0.1) is 0 Å². The second-order valence-corrected chi connectivity index (χ2v) is 5.98. The molecule has 5 nitrogen and oxygen atoms in total. The van der Waals surface area contributed by atoms with E-state index >= 15 is 0 Å². The summed E-state index contributed by atoms with van der Waals surface area (Å²) in [6.45, 7) is 4.78. The SMILES string of the molecule is CC(C)CNC(=O)c1ccn(COc2c(Cl)cccc2Cl)n1. The first-order chi connectivity index (χ1) is 10.5. The number of benzene rings is 1. The number of halogens is 2. The first-order valence-corrected chi connectivity index (χ1v) is 7.61. The van der Waals surface area contributed by atoms with Crippen LogP contribution in [-0.4, -0.2) is 22.2 Å². The highest BCUT2D eigenvalue weighted by Crippen LogP contribution is 2.32. The number of rotatable bonds is 6. The zero-order chi connectivity index (χ0) is 16.1. The monoisotopic (exact) mass is 341 g/mol. The molecule has 0 fully saturated rings. The first-order valence-electron chi connectivity index (χ1n) is 6.86. The van der Waals surface area contributed by atoms with Crippen LogP contribution in [0.2, 0.25) is 10.0 Å². The van der Waals surface area contributed by atoms with Crippen molar-refractivity contribution >= 4 is 29.1 Å². The van der Waals surface area contributed by atoms with Crippen LogP contribution in [0.1, 0.15) is 24.3 Å². The number of para-hydroxylation sites is 1. The molecule has 7 heteroatoms. The quantitative estimate of drug-likeness (QED) is 0.872. The van der Waals surface area contributed by atoms with Crippen LogP contribution in [0.5, 0.6) is 5.75 Å². The lowest BCUT2D eigenvalue weighted by Crippen LogP contribution is -2.27. The van der Waals surface area contributed by atoms with Gasteiger partial charge < -0.3 is 10.1 Å². The van der Waals surface area contributed by atoms with Gasteiger partial charge in [0, 0.05) is 12.7 Å². The minimum Gasteiger partial charge on any atom is -0.468 e. The van der Waals surface area contributed by atoms with E-state index < -0.39 is 0 Å². The molecule has 0 aliphatic carbocycles. The van der Waals surface area contributed by atoms with Crippen molar-refractivity contribution in [2.75, 3.05) is 6.54 Å². The predicted molar refractivity (Wildman–Crippen MR) is 86.5 cm³/mol. The smallest absolute Gasteiger partial charge is 0.271 e. The molecule has 22 heavy (non-hydrogen) atoms. The zero-order valence-corrected chi connectivity index (χ0v) is 13.9. The highest BCUT2D eigenvalue weighted by Gasteiger charge is 2.11. The molecule has 2 aromatic rings. The Morgan fingerprint density at radius 2 is 2.00 bits per heavy atom. The van der Waals surface area contributed by atoms with Crippen molar-refractivity contribution in [2.24, 2.45) is 5.92 Å². The average molecular weight is 342 g/mol. The lowest BCUT2D eigenvalue weighted by atomic mass is 10.2. The van der Waals surface area contributed by atoms with Crippen LogP contribution in [0.4, 0.5) is 0 Å². The molecule has 118 valence electrons. The fraction of sp³-hybridized carbons (Fsp3) is 0.333. The van der Waals surface area contributed by atoms with Crippen molar-refractivity contribution < 1.29 is 9.53 Å². The Bertz CT molecular complexity index is 636. The van der Waals surface area contributed by atoms with E-state index in [9.17, 15) is 4.79 Å². The third kappa shape index (κ3) is 4.39. The van der Waals surface area contributed by atoms with Crippen LogP contribution in [-0.2, 0) is 6.73 Å². The molecule has 1 aromatic heterocycles. The molecule has 0 aliphatic heterocycles. The zero-order valence-electron chi connectivity index (χ0n) is 12.3. The number of nitrogens with one attached hydrogen (secondary N) is 1. The summed E-state index contributed by atoms with van der Waals surface area (Å²) in [5, 5.41) is 7.81. The van der Waals surface area contributed by atoms with Crippen LogP contribution < -0.4 is 10.1 Å². The Morgan fingerprint density at radius 1 is 1.32 bits per heavy atom. The normalized spacial score (nSPS) is 10.8. The third-order valence-corrected chi connectivity index (χ3v) is 3.40. The largest absolute Gasteiger partial charge is 0.468 e. The van der Waals surface area contributed by atoms with E-state index in [1.807, 2.05) is 13.8 Å². The second-order valence-electron chi connectivity index (χ2n) is 5.17. The van der Waals surface area contributed by atoms with Crippen LogP contribution in [0.15, 0.2) is 30.5 Å². The van der Waals surface area contributed by atoms with E-state index in [1.165, 1.54) is 4.68 Å². The molecule has 0 spiro atoms. The van der Waals surface area contributed by atoms with Crippen molar-refractivity contribution in [2.45, 2.75) is 20.6 Å². The number of nitrogens with zero attached hydrogens (tertiary/aromatic N) is 2. The van der Waals surface area contributed by atoms with E-state index in [4.69, 9.17) is 27.9 Å². The molecule has 0 unspecified atom stereocenters. The fourth-order valence-corrected chi connectivity index (χ4v) is 2.20. The van der Waals surface area contributed by atoms with Crippen molar-refractivity contribution in [1.29, 1.82) is 0 Å². The van der Waals surface area contributed by atoms with E-state index in [2.05, 4.69) is 10.4 Å². The maximum atomic E-state index is 11.9. The summed E-state index contributed by atoms with van der Waals surface area (Å²) >= 11 is 12.0. The predicted octanol–water partition coefficient (Wildman–Crippen LogP) is 3.61. The molecule has 2 rings (SSSR count). The van der Waals surface area contributed by atoms with Crippen LogP contribution in [0.25, 0.3) is 0 Å². The first kappa shape index (κ1) is 16.6. The number of hydrogen-bond donors (Lipinski definition) is 1. The van der Waals surface area contributed by atoms with E-state index in [0.717, 1.165) is 0 Å². The summed E-state index contributed by atoms with van der Waals surface area (Å²) in [6, 6.07) is 6.75. The summed E-state index contributed by atoms with van der Waals surface area (Å²) in [5.41, 5.74) is 0.342. The number of carbonyl (C=O) groups is 1. The summed E-state index contributed by atoms with van der Waals surface area (Å²) in [6.07, 6.45) is 1.66. The number of ether oxygens (including phenoxy) is 1. The molecule has 0 aliphatic rings. The minimum atomic E-state index is -0.205. The van der Waals surface area contributed by atoms with Crippen LogP contribution in [0.3, 0.4) is 0 Å². The van der Waals surface area contributed by atoms with Gasteiger partial charge in [-0.2, -0.15) is 5.10 Å². The Hall–Kier alpha value is -1.72. The topological polar surface area (TPSA) is 56.2 Å².